The number of piperidine rings is 1. The lowest BCUT2D eigenvalue weighted by Crippen LogP contribution is -2.50. The Balaban J connectivity index is 1.83. The molecule has 0 aliphatic carbocycles. The maximum Gasteiger partial charge on any atom is 0.161 e. The molecule has 2 N–H and O–H groups in total. The molecule has 2 aliphatic rings. The first-order valence-electron chi connectivity index (χ1n) is 9.21. The number of rotatable bonds is 5. The van der Waals surface area contributed by atoms with Crippen LogP contribution < -0.4 is 10.0 Å². The lowest BCUT2D eigenvalue weighted by atomic mass is 9.83. The van der Waals surface area contributed by atoms with Gasteiger partial charge in [0.2, 0.25) is 0 Å². The van der Waals surface area contributed by atoms with E-state index < -0.39 is 33.2 Å². The molecule has 0 spiro atoms. The molecule has 1 aromatic rings. The van der Waals surface area contributed by atoms with Crippen molar-refractivity contribution in [1.29, 1.82) is 0 Å². The van der Waals surface area contributed by atoms with Crippen LogP contribution in [0.15, 0.2) is 12.1 Å². The molecule has 146 valence electrons. The normalized spacial score (nSPS) is 28.2. The first-order valence-corrected chi connectivity index (χ1v) is 10.4. The smallest absolute Gasteiger partial charge is 0.161 e. The highest BCUT2D eigenvalue weighted by molar-refractivity contribution is 7.84. The topological polar surface area (TPSA) is 41.1 Å². The Labute approximate surface area is 155 Å². The zero-order valence-corrected chi connectivity index (χ0v) is 16.3. The van der Waals surface area contributed by atoms with E-state index in [1.807, 2.05) is 20.8 Å². The number of nitrogens with one attached hydrogen (secondary N) is 2. The third-order valence-electron chi connectivity index (χ3n) is 5.42. The van der Waals surface area contributed by atoms with Crippen LogP contribution in [0.25, 0.3) is 0 Å². The fraction of sp³-hybridized carbons (Fsp3) is 0.684. The molecule has 0 saturated carbocycles. The monoisotopic (exact) mass is 388 g/mol. The first-order chi connectivity index (χ1) is 12.1. The molecule has 2 aliphatic heterocycles. The third-order valence-corrected chi connectivity index (χ3v) is 7.05. The molecule has 7 heteroatoms. The van der Waals surface area contributed by atoms with E-state index >= 15 is 0 Å². The average molecular weight is 388 g/mol. The fourth-order valence-corrected chi connectivity index (χ4v) is 4.91. The van der Waals surface area contributed by atoms with Crippen LogP contribution in [0.2, 0.25) is 0 Å². The number of hydrogen-bond donors (Lipinski definition) is 2. The van der Waals surface area contributed by atoms with E-state index in [0.29, 0.717) is 18.2 Å². The van der Waals surface area contributed by atoms with Crippen LogP contribution in [0.4, 0.5) is 13.2 Å². The van der Waals surface area contributed by atoms with Crippen LogP contribution in [-0.4, -0.2) is 27.1 Å². The van der Waals surface area contributed by atoms with Crippen LogP contribution in [-0.2, 0) is 17.4 Å². The second-order valence-corrected chi connectivity index (χ2v) is 10.5. The predicted octanol–water partition coefficient (Wildman–Crippen LogP) is 3.60. The number of halogens is 3. The second kappa shape index (κ2) is 7.60. The summed E-state index contributed by atoms with van der Waals surface area (Å²) in [5.74, 6) is -2.78. The van der Waals surface area contributed by atoms with Gasteiger partial charge in [-0.25, -0.2) is 22.1 Å². The highest BCUT2D eigenvalue weighted by atomic mass is 32.2. The highest BCUT2D eigenvalue weighted by Crippen LogP contribution is 2.34. The zero-order chi connectivity index (χ0) is 19.1. The van der Waals surface area contributed by atoms with Crippen LogP contribution >= 0.6 is 0 Å². The Morgan fingerprint density at radius 3 is 2.27 bits per heavy atom. The number of fused-ring (bicyclic) bond motifs is 2. The van der Waals surface area contributed by atoms with Gasteiger partial charge in [-0.2, -0.15) is 0 Å². The fourth-order valence-electron chi connectivity index (χ4n) is 4.01. The van der Waals surface area contributed by atoms with Crippen molar-refractivity contribution in [3.63, 3.8) is 0 Å². The molecule has 2 saturated heterocycles. The van der Waals surface area contributed by atoms with Crippen LogP contribution in [0.3, 0.4) is 0 Å². The summed E-state index contributed by atoms with van der Waals surface area (Å²) in [7, 11) is -1.32. The van der Waals surface area contributed by atoms with Gasteiger partial charge in [0.1, 0.15) is 5.82 Å². The van der Waals surface area contributed by atoms with E-state index in [9.17, 15) is 17.4 Å². The van der Waals surface area contributed by atoms with Crippen LogP contribution in [0.5, 0.6) is 0 Å². The minimum Gasteiger partial charge on any atom is -0.311 e. The summed E-state index contributed by atoms with van der Waals surface area (Å²) in [6.45, 7) is 5.62. The predicted molar refractivity (Wildman–Crippen MR) is 97.5 cm³/mol. The first kappa shape index (κ1) is 19.8. The Bertz CT molecular complexity index is 680. The quantitative estimate of drug-likeness (QED) is 0.757. The van der Waals surface area contributed by atoms with E-state index in [1.165, 1.54) is 0 Å². The SMILES string of the molecule is CC(C)(C)[S@](=O)N[C@H](Cc1cc(F)c(F)cc1F)C1C[C@H]2CC[C@@H](C1)N2. The van der Waals surface area contributed by atoms with Gasteiger partial charge in [0.05, 0.1) is 15.7 Å². The van der Waals surface area contributed by atoms with Gasteiger partial charge in [0.15, 0.2) is 11.6 Å². The summed E-state index contributed by atoms with van der Waals surface area (Å²) in [6, 6.07) is 2.13. The molecule has 1 unspecified atom stereocenters. The molecule has 26 heavy (non-hydrogen) atoms. The molecule has 0 amide bonds. The van der Waals surface area contributed by atoms with Gasteiger partial charge in [0, 0.05) is 24.2 Å². The Morgan fingerprint density at radius 1 is 1.12 bits per heavy atom. The largest absolute Gasteiger partial charge is 0.311 e. The van der Waals surface area contributed by atoms with Crippen molar-refractivity contribution >= 4 is 11.0 Å². The van der Waals surface area contributed by atoms with Gasteiger partial charge < -0.3 is 5.32 Å². The van der Waals surface area contributed by atoms with Crippen molar-refractivity contribution in [2.45, 2.75) is 75.7 Å². The Morgan fingerprint density at radius 2 is 1.69 bits per heavy atom. The maximum atomic E-state index is 14.2. The van der Waals surface area contributed by atoms with Gasteiger partial charge in [0.25, 0.3) is 0 Å². The molecule has 1 aromatic carbocycles. The van der Waals surface area contributed by atoms with Crippen molar-refractivity contribution in [2.75, 3.05) is 0 Å². The zero-order valence-electron chi connectivity index (χ0n) is 15.5. The number of benzene rings is 1. The van der Waals surface area contributed by atoms with Crippen molar-refractivity contribution in [2.24, 2.45) is 5.92 Å². The van der Waals surface area contributed by atoms with Gasteiger partial charge in [-0.3, -0.25) is 0 Å². The van der Waals surface area contributed by atoms with Crippen molar-refractivity contribution < 1.29 is 17.4 Å². The summed E-state index contributed by atoms with van der Waals surface area (Å²) in [5, 5.41) is 3.56. The molecule has 2 bridgehead atoms. The Hall–Kier alpha value is -0.920. The third kappa shape index (κ3) is 4.49. The van der Waals surface area contributed by atoms with Crippen molar-refractivity contribution in [3.05, 3.63) is 35.1 Å². The molecule has 2 heterocycles. The molecule has 5 atom stereocenters. The highest BCUT2D eigenvalue weighted by Gasteiger charge is 2.38. The van der Waals surface area contributed by atoms with Gasteiger partial charge >= 0.3 is 0 Å². The van der Waals surface area contributed by atoms with E-state index in [1.54, 1.807) is 0 Å². The summed E-state index contributed by atoms with van der Waals surface area (Å²) >= 11 is 0. The van der Waals surface area contributed by atoms with E-state index in [4.69, 9.17) is 0 Å². The lowest BCUT2D eigenvalue weighted by molar-refractivity contribution is 0.249. The van der Waals surface area contributed by atoms with E-state index in [2.05, 4.69) is 10.0 Å². The van der Waals surface area contributed by atoms with Gasteiger partial charge in [-0.1, -0.05) is 0 Å². The van der Waals surface area contributed by atoms with Crippen molar-refractivity contribution in [3.8, 4) is 0 Å². The summed E-state index contributed by atoms with van der Waals surface area (Å²) in [4.78, 5) is 0. The number of hydrogen-bond acceptors (Lipinski definition) is 2. The van der Waals surface area contributed by atoms with Gasteiger partial charge in [-0.15, -0.1) is 0 Å². The summed E-state index contributed by atoms with van der Waals surface area (Å²) in [5.41, 5.74) is 0.123. The molecule has 0 radical (unpaired) electrons. The minimum atomic E-state index is -1.32. The average Bonchev–Trinajstić information content (AvgIpc) is 2.88. The lowest BCUT2D eigenvalue weighted by Gasteiger charge is -2.36. The van der Waals surface area contributed by atoms with E-state index in [0.717, 1.165) is 31.7 Å². The van der Waals surface area contributed by atoms with Crippen LogP contribution in [0, 0.1) is 23.4 Å². The summed E-state index contributed by atoms with van der Waals surface area (Å²) in [6.07, 6.45) is 4.27. The molecule has 2 fully saturated rings. The molecular weight excluding hydrogens is 361 g/mol. The van der Waals surface area contributed by atoms with Gasteiger partial charge in [-0.05, 0) is 70.4 Å². The summed E-state index contributed by atoms with van der Waals surface area (Å²) < 4.78 is 56.4. The molecule has 3 rings (SSSR count). The standard InChI is InChI=1S/C19H27F3N2OS/c1-19(2,3)26(25)24-18(12-6-13-4-5-14(7-12)23-13)9-11-8-16(21)17(22)10-15(11)20/h8,10,12-14,18,23-24H,4-7,9H2,1-3H3/t12?,13-,14+,18-,26+/m1/s1. The Kier molecular flexibility index (Phi) is 5.80. The molecular formula is C19H27F3N2OS. The maximum absolute atomic E-state index is 14.2. The minimum absolute atomic E-state index is 0.123. The molecule has 3 nitrogen and oxygen atoms in total. The van der Waals surface area contributed by atoms with Crippen LogP contribution in [0.1, 0.15) is 52.0 Å². The van der Waals surface area contributed by atoms with E-state index in [-0.39, 0.29) is 23.9 Å². The molecule has 0 aromatic heterocycles. The van der Waals surface area contributed by atoms with Crippen molar-refractivity contribution in [1.82, 2.24) is 10.0 Å². The second-order valence-electron chi connectivity index (χ2n) is 8.54.